The Morgan fingerprint density at radius 2 is 2.05 bits per heavy atom. The number of pyridine rings is 1. The number of halogens is 1. The molecule has 1 aliphatic carbocycles. The summed E-state index contributed by atoms with van der Waals surface area (Å²) < 4.78 is 0. The predicted molar refractivity (Wildman–Crippen MR) is 82.1 cm³/mol. The zero-order valence-corrected chi connectivity index (χ0v) is 12.0. The number of carbonyl (C=O) groups is 1. The topological polar surface area (TPSA) is 80.0 Å². The van der Waals surface area contributed by atoms with E-state index in [0.29, 0.717) is 17.3 Å². The molecule has 1 aromatic heterocycles. The average molecular weight is 303 g/mol. The number of nitrogen functional groups attached to an aromatic ring is 1. The molecule has 1 aliphatic rings. The maximum absolute atomic E-state index is 12.2. The Morgan fingerprint density at radius 1 is 1.29 bits per heavy atom. The van der Waals surface area contributed by atoms with Crippen molar-refractivity contribution in [2.45, 2.75) is 18.4 Å². The van der Waals surface area contributed by atoms with Gasteiger partial charge in [-0.1, -0.05) is 41.9 Å². The van der Waals surface area contributed by atoms with Gasteiger partial charge in [0.15, 0.2) is 0 Å². The zero-order valence-electron chi connectivity index (χ0n) is 11.2. The van der Waals surface area contributed by atoms with Crippen molar-refractivity contribution in [1.29, 1.82) is 0 Å². The van der Waals surface area contributed by atoms with E-state index in [0.717, 1.165) is 6.42 Å². The van der Waals surface area contributed by atoms with Crippen molar-refractivity contribution in [2.75, 3.05) is 5.43 Å². The quantitative estimate of drug-likeness (QED) is 0.460. The maximum Gasteiger partial charge on any atom is 0.251 e. The fourth-order valence-electron chi connectivity index (χ4n) is 2.38. The lowest BCUT2D eigenvalue weighted by Gasteiger charge is -2.07. The summed E-state index contributed by atoms with van der Waals surface area (Å²) >= 11 is 5.86. The van der Waals surface area contributed by atoms with E-state index in [2.05, 4.69) is 27.9 Å². The highest BCUT2D eigenvalue weighted by molar-refractivity contribution is 6.29. The first-order valence-corrected chi connectivity index (χ1v) is 7.05. The monoisotopic (exact) mass is 302 g/mol. The largest absolute Gasteiger partial charge is 0.349 e. The van der Waals surface area contributed by atoms with Crippen molar-refractivity contribution in [2.24, 2.45) is 5.84 Å². The minimum absolute atomic E-state index is 0.167. The molecule has 2 atom stereocenters. The van der Waals surface area contributed by atoms with Crippen LogP contribution in [0, 0.1) is 0 Å². The maximum atomic E-state index is 12.2. The number of hydrazine groups is 1. The standard InChI is InChI=1S/C15H15ClN4O/c16-13-6-10(7-14(19-13)20-17)15(21)18-12-8-11(12)9-4-2-1-3-5-9/h1-7,11-12H,8,17H2,(H,18,21)(H,19,20). The summed E-state index contributed by atoms with van der Waals surface area (Å²) in [4.78, 5) is 16.2. The second-order valence-electron chi connectivity index (χ2n) is 5.04. The molecule has 1 aromatic carbocycles. The van der Waals surface area contributed by atoms with Crippen LogP contribution in [0.5, 0.6) is 0 Å². The Labute approximate surface area is 127 Å². The predicted octanol–water partition coefficient (Wildman–Crippen LogP) is 2.31. The third-order valence-corrected chi connectivity index (χ3v) is 3.73. The van der Waals surface area contributed by atoms with Crippen LogP contribution in [0.2, 0.25) is 5.15 Å². The first-order valence-electron chi connectivity index (χ1n) is 6.67. The highest BCUT2D eigenvalue weighted by Gasteiger charge is 2.39. The van der Waals surface area contributed by atoms with Gasteiger partial charge >= 0.3 is 0 Å². The van der Waals surface area contributed by atoms with Crippen LogP contribution in [0.15, 0.2) is 42.5 Å². The van der Waals surface area contributed by atoms with Gasteiger partial charge in [0.25, 0.3) is 5.91 Å². The van der Waals surface area contributed by atoms with Crippen molar-refractivity contribution < 1.29 is 4.79 Å². The molecule has 108 valence electrons. The molecule has 1 saturated carbocycles. The fraction of sp³-hybridized carbons (Fsp3) is 0.200. The number of hydrogen-bond acceptors (Lipinski definition) is 4. The van der Waals surface area contributed by atoms with Crippen LogP contribution < -0.4 is 16.6 Å². The molecular formula is C15H15ClN4O. The van der Waals surface area contributed by atoms with E-state index >= 15 is 0 Å². The molecule has 1 amide bonds. The number of benzene rings is 1. The van der Waals surface area contributed by atoms with E-state index in [4.69, 9.17) is 17.4 Å². The molecule has 6 heteroatoms. The molecule has 3 rings (SSSR count). The summed E-state index contributed by atoms with van der Waals surface area (Å²) in [6.07, 6.45) is 0.955. The number of nitrogens with one attached hydrogen (secondary N) is 2. The molecule has 21 heavy (non-hydrogen) atoms. The fourth-order valence-corrected chi connectivity index (χ4v) is 2.59. The molecular weight excluding hydrogens is 288 g/mol. The minimum Gasteiger partial charge on any atom is -0.349 e. The van der Waals surface area contributed by atoms with Crippen molar-refractivity contribution >= 4 is 23.3 Å². The van der Waals surface area contributed by atoms with E-state index in [9.17, 15) is 4.79 Å². The second kappa shape index (κ2) is 5.71. The Balaban J connectivity index is 1.67. The summed E-state index contributed by atoms with van der Waals surface area (Å²) in [7, 11) is 0. The van der Waals surface area contributed by atoms with Gasteiger partial charge in [0, 0.05) is 17.5 Å². The highest BCUT2D eigenvalue weighted by atomic mass is 35.5. The lowest BCUT2D eigenvalue weighted by molar-refractivity contribution is 0.0950. The van der Waals surface area contributed by atoms with Crippen LogP contribution in [0.4, 0.5) is 5.82 Å². The number of nitrogens with zero attached hydrogens (tertiary/aromatic N) is 1. The van der Waals surface area contributed by atoms with Crippen LogP contribution in [0.25, 0.3) is 0 Å². The summed E-state index contributed by atoms with van der Waals surface area (Å²) in [6, 6.07) is 13.4. The van der Waals surface area contributed by atoms with E-state index in [-0.39, 0.29) is 17.1 Å². The van der Waals surface area contributed by atoms with Gasteiger partial charge in [-0.15, -0.1) is 0 Å². The van der Waals surface area contributed by atoms with Crippen LogP contribution in [0.1, 0.15) is 28.3 Å². The SMILES string of the molecule is NNc1cc(C(=O)NC2CC2c2ccccc2)cc(Cl)n1. The molecule has 5 nitrogen and oxygen atoms in total. The number of carbonyl (C=O) groups excluding carboxylic acids is 1. The van der Waals surface area contributed by atoms with E-state index in [1.165, 1.54) is 11.6 Å². The first-order chi connectivity index (χ1) is 10.2. The number of aromatic nitrogens is 1. The van der Waals surface area contributed by atoms with Crippen LogP contribution in [-0.4, -0.2) is 16.9 Å². The number of anilines is 1. The molecule has 2 aromatic rings. The lowest BCUT2D eigenvalue weighted by atomic mass is 10.1. The van der Waals surface area contributed by atoms with Crippen LogP contribution in [-0.2, 0) is 0 Å². The van der Waals surface area contributed by atoms with Crippen molar-refractivity contribution in [3.63, 3.8) is 0 Å². The second-order valence-corrected chi connectivity index (χ2v) is 5.43. The Morgan fingerprint density at radius 3 is 2.76 bits per heavy atom. The highest BCUT2D eigenvalue weighted by Crippen LogP contribution is 2.40. The Kier molecular flexibility index (Phi) is 3.77. The van der Waals surface area contributed by atoms with Gasteiger partial charge in [0.05, 0.1) is 0 Å². The smallest absolute Gasteiger partial charge is 0.251 e. The average Bonchev–Trinajstić information content (AvgIpc) is 3.26. The van der Waals surface area contributed by atoms with E-state index < -0.39 is 0 Å². The number of amides is 1. The normalized spacial score (nSPS) is 19.9. The molecule has 0 radical (unpaired) electrons. The van der Waals surface area contributed by atoms with Gasteiger partial charge in [0.1, 0.15) is 11.0 Å². The molecule has 1 fully saturated rings. The third-order valence-electron chi connectivity index (χ3n) is 3.54. The molecule has 0 bridgehead atoms. The lowest BCUT2D eigenvalue weighted by Crippen LogP contribution is -2.27. The summed E-state index contributed by atoms with van der Waals surface area (Å²) in [5, 5.41) is 3.23. The van der Waals surface area contributed by atoms with Crippen LogP contribution in [0.3, 0.4) is 0 Å². The van der Waals surface area contributed by atoms with Gasteiger partial charge in [-0.25, -0.2) is 10.8 Å². The molecule has 2 unspecified atom stereocenters. The van der Waals surface area contributed by atoms with Gasteiger partial charge in [-0.05, 0) is 24.1 Å². The van der Waals surface area contributed by atoms with Gasteiger partial charge < -0.3 is 10.7 Å². The third kappa shape index (κ3) is 3.15. The van der Waals surface area contributed by atoms with Crippen LogP contribution >= 0.6 is 11.6 Å². The van der Waals surface area contributed by atoms with Gasteiger partial charge in [-0.2, -0.15) is 0 Å². The molecule has 4 N–H and O–H groups in total. The summed E-state index contributed by atoms with van der Waals surface area (Å²) in [5.74, 6) is 5.88. The zero-order chi connectivity index (χ0) is 14.8. The first kappa shape index (κ1) is 13.9. The molecule has 1 heterocycles. The van der Waals surface area contributed by atoms with Gasteiger partial charge in [-0.3, -0.25) is 4.79 Å². The summed E-state index contributed by atoms with van der Waals surface area (Å²) in [6.45, 7) is 0. The Bertz CT molecular complexity index is 662. The number of rotatable bonds is 4. The minimum atomic E-state index is -0.167. The summed E-state index contributed by atoms with van der Waals surface area (Å²) in [5.41, 5.74) is 4.09. The molecule has 0 aliphatic heterocycles. The van der Waals surface area contributed by atoms with Gasteiger partial charge in [0.2, 0.25) is 0 Å². The molecule has 0 spiro atoms. The Hall–Kier alpha value is -2.11. The molecule has 0 saturated heterocycles. The van der Waals surface area contributed by atoms with Crippen molar-refractivity contribution in [1.82, 2.24) is 10.3 Å². The van der Waals surface area contributed by atoms with E-state index in [1.807, 2.05) is 18.2 Å². The van der Waals surface area contributed by atoms with Crippen molar-refractivity contribution in [3.8, 4) is 0 Å². The van der Waals surface area contributed by atoms with Crippen molar-refractivity contribution in [3.05, 3.63) is 58.7 Å². The number of nitrogens with two attached hydrogens (primary N) is 1. The number of hydrogen-bond donors (Lipinski definition) is 3. The van der Waals surface area contributed by atoms with E-state index in [1.54, 1.807) is 6.07 Å².